The third kappa shape index (κ3) is 3.90. The Morgan fingerprint density at radius 1 is 0.967 bits per heavy atom. The number of fused-ring (bicyclic) bond motifs is 3. The van der Waals surface area contributed by atoms with Gasteiger partial charge in [0.1, 0.15) is 5.60 Å². The summed E-state index contributed by atoms with van der Waals surface area (Å²) in [6.45, 7) is 7.70. The molecule has 0 bridgehead atoms. The molecule has 4 nitrogen and oxygen atoms in total. The Labute approximate surface area is 178 Å². The zero-order valence-electron chi connectivity index (χ0n) is 18.2. The van der Waals surface area contributed by atoms with E-state index < -0.39 is 11.7 Å². The number of hydrogen-bond acceptors (Lipinski definition) is 3. The van der Waals surface area contributed by atoms with Crippen molar-refractivity contribution >= 4 is 17.5 Å². The van der Waals surface area contributed by atoms with Crippen molar-refractivity contribution in [2.45, 2.75) is 39.3 Å². The minimum absolute atomic E-state index is 0.102. The second-order valence-electron chi connectivity index (χ2n) is 8.87. The molecule has 1 atom stereocenters. The van der Waals surface area contributed by atoms with E-state index in [-0.39, 0.29) is 6.04 Å². The first-order valence-electron chi connectivity index (χ1n) is 10.3. The van der Waals surface area contributed by atoms with Gasteiger partial charge in [0, 0.05) is 24.0 Å². The van der Waals surface area contributed by atoms with Gasteiger partial charge in [0.15, 0.2) is 0 Å². The first-order valence-corrected chi connectivity index (χ1v) is 10.3. The van der Waals surface area contributed by atoms with Crippen LogP contribution in [0.4, 0.5) is 16.2 Å². The molecule has 30 heavy (non-hydrogen) atoms. The number of rotatable bonds is 2. The molecule has 1 amide bonds. The monoisotopic (exact) mass is 399 g/mol. The van der Waals surface area contributed by atoms with Crippen LogP contribution in [-0.4, -0.2) is 18.7 Å². The lowest BCUT2D eigenvalue weighted by Gasteiger charge is -2.38. The maximum atomic E-state index is 12.3. The lowest BCUT2D eigenvalue weighted by atomic mass is 9.83. The Balaban J connectivity index is 1.77. The number of carbonyl (C=O) groups is 1. The number of benzene rings is 3. The molecule has 1 N–H and O–H groups in total. The molecule has 0 saturated carbocycles. The van der Waals surface area contributed by atoms with Gasteiger partial charge in [0.2, 0.25) is 0 Å². The van der Waals surface area contributed by atoms with E-state index in [4.69, 9.17) is 4.74 Å². The van der Waals surface area contributed by atoms with Crippen molar-refractivity contribution in [3.63, 3.8) is 0 Å². The minimum atomic E-state index is -0.537. The third-order valence-electron chi connectivity index (χ3n) is 5.32. The molecule has 1 aliphatic heterocycles. The third-order valence-corrected chi connectivity index (χ3v) is 5.32. The predicted octanol–water partition coefficient (Wildman–Crippen LogP) is 6.55. The Morgan fingerprint density at radius 2 is 1.67 bits per heavy atom. The number of amides is 1. The van der Waals surface area contributed by atoms with Gasteiger partial charge < -0.3 is 9.64 Å². The van der Waals surface area contributed by atoms with Crippen LogP contribution in [0.15, 0.2) is 66.7 Å². The first kappa shape index (κ1) is 20.0. The largest absolute Gasteiger partial charge is 0.444 e. The molecule has 154 valence electrons. The van der Waals surface area contributed by atoms with E-state index in [1.807, 2.05) is 39.0 Å². The molecule has 1 aliphatic rings. The Kier molecular flexibility index (Phi) is 5.02. The van der Waals surface area contributed by atoms with E-state index in [1.54, 1.807) is 0 Å². The van der Waals surface area contributed by atoms with Crippen LogP contribution in [0, 0.1) is 6.92 Å². The van der Waals surface area contributed by atoms with Crippen LogP contribution in [0.5, 0.6) is 0 Å². The Bertz CT molecular complexity index is 1080. The fourth-order valence-electron chi connectivity index (χ4n) is 4.09. The van der Waals surface area contributed by atoms with Crippen LogP contribution in [0.2, 0.25) is 0 Å². The zero-order chi connectivity index (χ0) is 21.5. The van der Waals surface area contributed by atoms with Crippen molar-refractivity contribution in [1.29, 1.82) is 0 Å². The van der Waals surface area contributed by atoms with Crippen LogP contribution >= 0.6 is 0 Å². The van der Waals surface area contributed by atoms with Crippen LogP contribution in [-0.2, 0) is 4.74 Å². The number of hydrogen-bond donors (Lipinski definition) is 1. The molecule has 3 aromatic rings. The van der Waals surface area contributed by atoms with Crippen LogP contribution in [0.1, 0.15) is 43.5 Å². The highest BCUT2D eigenvalue weighted by molar-refractivity contribution is 5.91. The topological polar surface area (TPSA) is 41.6 Å². The van der Waals surface area contributed by atoms with Crippen LogP contribution in [0.3, 0.4) is 0 Å². The molecule has 4 heteroatoms. The average Bonchev–Trinajstić information content (AvgIpc) is 2.67. The second-order valence-corrected chi connectivity index (χ2v) is 8.87. The summed E-state index contributed by atoms with van der Waals surface area (Å²) in [5.74, 6) is 0. The number of anilines is 2. The lowest BCUT2D eigenvalue weighted by molar-refractivity contribution is 0.0636. The molecular formula is C26H28N2O2. The summed E-state index contributed by atoms with van der Waals surface area (Å²) >= 11 is 0. The maximum absolute atomic E-state index is 12.3. The predicted molar refractivity (Wildman–Crippen MR) is 123 cm³/mol. The second kappa shape index (κ2) is 7.52. The first-order chi connectivity index (χ1) is 14.2. The normalized spacial score (nSPS) is 15.2. The molecular weight excluding hydrogens is 371 g/mol. The zero-order valence-corrected chi connectivity index (χ0v) is 18.2. The van der Waals surface area contributed by atoms with Crippen molar-refractivity contribution < 1.29 is 9.53 Å². The highest BCUT2D eigenvalue weighted by Crippen LogP contribution is 2.47. The molecule has 0 aromatic heterocycles. The molecule has 0 fully saturated rings. The van der Waals surface area contributed by atoms with Gasteiger partial charge in [-0.2, -0.15) is 0 Å². The van der Waals surface area contributed by atoms with Gasteiger partial charge in [0.25, 0.3) is 0 Å². The van der Waals surface area contributed by atoms with Gasteiger partial charge in [-0.05, 0) is 56.5 Å². The maximum Gasteiger partial charge on any atom is 0.412 e. The highest BCUT2D eigenvalue weighted by Gasteiger charge is 2.30. The van der Waals surface area contributed by atoms with E-state index >= 15 is 0 Å². The molecule has 1 unspecified atom stereocenters. The molecule has 0 saturated heterocycles. The van der Waals surface area contributed by atoms with Gasteiger partial charge >= 0.3 is 6.09 Å². The summed E-state index contributed by atoms with van der Waals surface area (Å²) in [6, 6.07) is 23.3. The highest BCUT2D eigenvalue weighted by atomic mass is 16.6. The molecule has 4 rings (SSSR count). The summed E-state index contributed by atoms with van der Waals surface area (Å²) in [7, 11) is 2.11. The molecule has 1 heterocycles. The van der Waals surface area contributed by atoms with Crippen molar-refractivity contribution in [2.75, 3.05) is 17.3 Å². The van der Waals surface area contributed by atoms with Crippen molar-refractivity contribution in [1.82, 2.24) is 0 Å². The average molecular weight is 400 g/mol. The fraction of sp³-hybridized carbons (Fsp3) is 0.269. The fourth-order valence-corrected chi connectivity index (χ4v) is 4.09. The summed E-state index contributed by atoms with van der Waals surface area (Å²) in [5, 5.41) is 2.87. The van der Waals surface area contributed by atoms with Crippen LogP contribution < -0.4 is 10.2 Å². The number of aryl methyl sites for hydroxylation is 1. The number of nitrogens with one attached hydrogen (secondary N) is 1. The van der Waals surface area contributed by atoms with Crippen molar-refractivity contribution in [2.24, 2.45) is 0 Å². The SMILES string of the molecule is Cc1ccc2c(c1)C(c1ccccc1)N([11CH3])c1cc(NC(=O)OC(C)(C)C)ccc1-2. The Morgan fingerprint density at radius 3 is 2.37 bits per heavy atom. The van der Waals surface area contributed by atoms with Crippen molar-refractivity contribution in [3.8, 4) is 11.1 Å². The van der Waals surface area contributed by atoms with Gasteiger partial charge in [-0.15, -0.1) is 0 Å². The number of carbonyl (C=O) groups excluding carboxylic acids is 1. The summed E-state index contributed by atoms with van der Waals surface area (Å²) in [6.07, 6.45) is -0.448. The standard InChI is InChI=1S/C26H28N2O2/c1-17-11-13-20-21-14-12-19(27-25(29)30-26(2,3)4)16-23(21)28(5)24(22(20)15-17)18-9-7-6-8-10-18/h6-16,24H,1-5H3,(H,27,29)/i5-1. The molecule has 0 radical (unpaired) electrons. The van der Waals surface area contributed by atoms with E-state index in [0.717, 1.165) is 16.9 Å². The van der Waals surface area contributed by atoms with E-state index in [2.05, 4.69) is 72.7 Å². The Hall–Kier alpha value is -3.27. The van der Waals surface area contributed by atoms with Gasteiger partial charge in [0.05, 0.1) is 6.04 Å². The van der Waals surface area contributed by atoms with Crippen molar-refractivity contribution in [3.05, 3.63) is 83.4 Å². The van der Waals surface area contributed by atoms with Gasteiger partial charge in [-0.1, -0.05) is 60.2 Å². The molecule has 3 aromatic carbocycles. The lowest BCUT2D eigenvalue weighted by Crippen LogP contribution is -2.30. The van der Waals surface area contributed by atoms with Crippen LogP contribution in [0.25, 0.3) is 11.1 Å². The molecule has 0 spiro atoms. The quantitative estimate of drug-likeness (QED) is 0.531. The summed E-state index contributed by atoms with van der Waals surface area (Å²) in [5.41, 5.74) is 7.43. The van der Waals surface area contributed by atoms with E-state index in [9.17, 15) is 4.79 Å². The smallest absolute Gasteiger partial charge is 0.412 e. The minimum Gasteiger partial charge on any atom is -0.444 e. The number of ether oxygens (including phenoxy) is 1. The van der Waals surface area contributed by atoms with E-state index in [1.165, 1.54) is 22.3 Å². The van der Waals surface area contributed by atoms with Gasteiger partial charge in [-0.25, -0.2) is 4.79 Å². The number of nitrogens with zero attached hydrogens (tertiary/aromatic N) is 1. The summed E-state index contributed by atoms with van der Waals surface area (Å²) in [4.78, 5) is 14.5. The summed E-state index contributed by atoms with van der Waals surface area (Å²) < 4.78 is 5.41. The van der Waals surface area contributed by atoms with E-state index in [0.29, 0.717) is 0 Å². The molecule has 0 aliphatic carbocycles. The van der Waals surface area contributed by atoms with Gasteiger partial charge in [-0.3, -0.25) is 5.32 Å².